The van der Waals surface area contributed by atoms with Gasteiger partial charge in [0.1, 0.15) is 0 Å². The van der Waals surface area contributed by atoms with E-state index in [1.165, 1.54) is 6.08 Å². The molecule has 0 fully saturated rings. The highest BCUT2D eigenvalue weighted by molar-refractivity contribution is 5.92. The van der Waals surface area contributed by atoms with Crippen LogP contribution in [0.3, 0.4) is 0 Å². The normalized spacial score (nSPS) is 11.7. The van der Waals surface area contributed by atoms with Crippen molar-refractivity contribution in [3.63, 3.8) is 0 Å². The van der Waals surface area contributed by atoms with Crippen LogP contribution in [0.25, 0.3) is 0 Å². The first-order chi connectivity index (χ1) is 6.04. The summed E-state index contributed by atoms with van der Waals surface area (Å²) in [6.45, 7) is 7.60. The second kappa shape index (κ2) is 5.41. The van der Waals surface area contributed by atoms with Crippen LogP contribution in [0.5, 0.6) is 0 Å². The summed E-state index contributed by atoms with van der Waals surface area (Å²) < 4.78 is 4.87. The van der Waals surface area contributed by atoms with Gasteiger partial charge in [0.2, 0.25) is 0 Å². The molecular formula is C10H17NO2. The Morgan fingerprint density at radius 1 is 1.54 bits per heavy atom. The van der Waals surface area contributed by atoms with Gasteiger partial charge in [-0.1, -0.05) is 12.7 Å². The zero-order valence-corrected chi connectivity index (χ0v) is 8.76. The molecule has 0 rings (SSSR count). The highest BCUT2D eigenvalue weighted by Crippen LogP contribution is 2.09. The fourth-order valence-electron chi connectivity index (χ4n) is 0.828. The van der Waals surface area contributed by atoms with Crippen molar-refractivity contribution in [1.29, 1.82) is 0 Å². The molecule has 0 saturated carbocycles. The second-order valence-electron chi connectivity index (χ2n) is 2.82. The molecule has 0 bridgehead atoms. The fraction of sp³-hybridized carbons (Fsp3) is 0.500. The predicted molar refractivity (Wildman–Crippen MR) is 53.2 cm³/mol. The smallest absolute Gasteiger partial charge is 0.339 e. The summed E-state index contributed by atoms with van der Waals surface area (Å²) in [6.07, 6.45) is 1.52. The van der Waals surface area contributed by atoms with Crippen LogP contribution in [0.1, 0.15) is 13.8 Å². The highest BCUT2D eigenvalue weighted by Gasteiger charge is 2.11. The Labute approximate surface area is 79.7 Å². The molecule has 0 aliphatic heterocycles. The number of hydrogen-bond donors (Lipinski definition) is 0. The molecule has 0 amide bonds. The van der Waals surface area contributed by atoms with E-state index in [-0.39, 0.29) is 5.97 Å². The molecule has 0 N–H and O–H groups in total. The van der Waals surface area contributed by atoms with Crippen molar-refractivity contribution in [2.45, 2.75) is 13.8 Å². The van der Waals surface area contributed by atoms with Gasteiger partial charge in [-0.25, -0.2) is 4.79 Å². The minimum atomic E-state index is -0.316. The Morgan fingerprint density at radius 3 is 2.38 bits per heavy atom. The maximum absolute atomic E-state index is 11.3. The second-order valence-corrected chi connectivity index (χ2v) is 2.82. The molecule has 0 aromatic rings. The highest BCUT2D eigenvalue weighted by atomic mass is 16.5. The number of allylic oxidation sites excluding steroid dienone is 1. The number of esters is 1. The lowest BCUT2D eigenvalue weighted by Crippen LogP contribution is -2.16. The average molecular weight is 183 g/mol. The molecule has 0 aliphatic rings. The Bertz CT molecular complexity index is 229. The van der Waals surface area contributed by atoms with E-state index in [1.54, 1.807) is 6.92 Å². The van der Waals surface area contributed by atoms with Crippen LogP contribution in [0.2, 0.25) is 0 Å². The van der Waals surface area contributed by atoms with Crippen LogP contribution in [0.4, 0.5) is 0 Å². The molecule has 74 valence electrons. The van der Waals surface area contributed by atoms with E-state index < -0.39 is 0 Å². The molecule has 0 saturated heterocycles. The molecule has 0 radical (unpaired) electrons. The number of hydrogen-bond acceptors (Lipinski definition) is 3. The van der Waals surface area contributed by atoms with Crippen molar-refractivity contribution in [3.05, 3.63) is 23.9 Å². The molecule has 3 heteroatoms. The van der Waals surface area contributed by atoms with Crippen molar-refractivity contribution in [3.8, 4) is 0 Å². The van der Waals surface area contributed by atoms with Crippen LogP contribution < -0.4 is 0 Å². The lowest BCUT2D eigenvalue weighted by molar-refractivity contribution is -0.138. The standard InChI is InChI=1S/C10H17NO2/c1-6-9(8(3)11(4)5)10(12)13-7-2/h6H,1,7H2,2-5H3/b9-8+. The minimum absolute atomic E-state index is 0.316. The number of ether oxygens (including phenoxy) is 1. The average Bonchev–Trinajstić information content (AvgIpc) is 2.05. The molecule has 0 unspecified atom stereocenters. The zero-order chi connectivity index (χ0) is 10.4. The summed E-state index contributed by atoms with van der Waals surface area (Å²) in [4.78, 5) is 13.2. The van der Waals surface area contributed by atoms with Gasteiger partial charge >= 0.3 is 5.97 Å². The van der Waals surface area contributed by atoms with Gasteiger partial charge in [-0.3, -0.25) is 0 Å². The molecule has 13 heavy (non-hydrogen) atoms. The number of nitrogens with zero attached hydrogens (tertiary/aromatic N) is 1. The van der Waals surface area contributed by atoms with Gasteiger partial charge in [0.15, 0.2) is 0 Å². The SMILES string of the molecule is C=C/C(C(=O)OCC)=C(/C)N(C)C. The first-order valence-electron chi connectivity index (χ1n) is 4.22. The molecular weight excluding hydrogens is 166 g/mol. The van der Waals surface area contributed by atoms with Crippen LogP contribution >= 0.6 is 0 Å². The fourth-order valence-corrected chi connectivity index (χ4v) is 0.828. The molecule has 0 aliphatic carbocycles. The topological polar surface area (TPSA) is 29.5 Å². The summed E-state index contributed by atoms with van der Waals surface area (Å²) in [7, 11) is 3.75. The Morgan fingerprint density at radius 2 is 2.08 bits per heavy atom. The molecule has 0 spiro atoms. The van der Waals surface area contributed by atoms with Gasteiger partial charge in [-0.05, 0) is 13.8 Å². The van der Waals surface area contributed by atoms with Crippen molar-refractivity contribution in [2.75, 3.05) is 20.7 Å². The van der Waals surface area contributed by atoms with Gasteiger partial charge in [0.25, 0.3) is 0 Å². The van der Waals surface area contributed by atoms with E-state index in [0.29, 0.717) is 12.2 Å². The number of rotatable bonds is 4. The summed E-state index contributed by atoms with van der Waals surface area (Å²) in [5.74, 6) is -0.316. The Hall–Kier alpha value is -1.25. The third-order valence-corrected chi connectivity index (χ3v) is 1.76. The number of carbonyl (C=O) groups is 1. The van der Waals surface area contributed by atoms with Crippen molar-refractivity contribution < 1.29 is 9.53 Å². The molecule has 0 aromatic carbocycles. The third-order valence-electron chi connectivity index (χ3n) is 1.76. The Balaban J connectivity index is 4.77. The molecule has 0 heterocycles. The van der Waals surface area contributed by atoms with Crippen molar-refractivity contribution in [1.82, 2.24) is 4.90 Å². The van der Waals surface area contributed by atoms with E-state index in [4.69, 9.17) is 4.74 Å². The monoisotopic (exact) mass is 183 g/mol. The third kappa shape index (κ3) is 3.32. The lowest BCUT2D eigenvalue weighted by Gasteiger charge is -2.15. The quantitative estimate of drug-likeness (QED) is 0.376. The molecule has 3 nitrogen and oxygen atoms in total. The maximum Gasteiger partial charge on any atom is 0.339 e. The summed E-state index contributed by atoms with van der Waals surface area (Å²) in [6, 6.07) is 0. The van der Waals surface area contributed by atoms with Gasteiger partial charge < -0.3 is 9.64 Å². The van der Waals surface area contributed by atoms with E-state index in [2.05, 4.69) is 6.58 Å². The van der Waals surface area contributed by atoms with Gasteiger partial charge in [-0.15, -0.1) is 0 Å². The zero-order valence-electron chi connectivity index (χ0n) is 8.76. The first kappa shape index (κ1) is 11.8. The van der Waals surface area contributed by atoms with E-state index in [9.17, 15) is 4.79 Å². The predicted octanol–water partition coefficient (Wildman–Crippen LogP) is 1.57. The van der Waals surface area contributed by atoms with Crippen LogP contribution in [-0.4, -0.2) is 31.6 Å². The minimum Gasteiger partial charge on any atom is -0.462 e. The van der Waals surface area contributed by atoms with Crippen LogP contribution in [0.15, 0.2) is 23.9 Å². The van der Waals surface area contributed by atoms with Gasteiger partial charge in [0, 0.05) is 19.8 Å². The van der Waals surface area contributed by atoms with Crippen molar-refractivity contribution in [2.24, 2.45) is 0 Å². The Kier molecular flexibility index (Phi) is 4.89. The van der Waals surface area contributed by atoms with E-state index in [1.807, 2.05) is 25.9 Å². The summed E-state index contributed by atoms with van der Waals surface area (Å²) >= 11 is 0. The summed E-state index contributed by atoms with van der Waals surface area (Å²) in [5, 5.41) is 0. The lowest BCUT2D eigenvalue weighted by atomic mass is 10.2. The van der Waals surface area contributed by atoms with Gasteiger partial charge in [-0.2, -0.15) is 0 Å². The largest absolute Gasteiger partial charge is 0.462 e. The van der Waals surface area contributed by atoms with E-state index >= 15 is 0 Å². The first-order valence-corrected chi connectivity index (χ1v) is 4.22. The molecule has 0 aromatic heterocycles. The number of carbonyl (C=O) groups excluding carboxylic acids is 1. The molecule has 0 atom stereocenters. The van der Waals surface area contributed by atoms with Crippen LogP contribution in [0, 0.1) is 0 Å². The van der Waals surface area contributed by atoms with Crippen LogP contribution in [-0.2, 0) is 9.53 Å². The van der Waals surface area contributed by atoms with Gasteiger partial charge in [0.05, 0.1) is 12.2 Å². The maximum atomic E-state index is 11.3. The van der Waals surface area contributed by atoms with E-state index in [0.717, 1.165) is 5.70 Å². The van der Waals surface area contributed by atoms with Crippen molar-refractivity contribution >= 4 is 5.97 Å². The summed E-state index contributed by atoms with van der Waals surface area (Å²) in [5.41, 5.74) is 1.38.